The third-order valence-corrected chi connectivity index (χ3v) is 4.63. The predicted octanol–water partition coefficient (Wildman–Crippen LogP) is 4.67. The molecule has 0 radical (unpaired) electrons. The van der Waals surface area contributed by atoms with Crippen LogP contribution in [0.15, 0.2) is 60.9 Å². The summed E-state index contributed by atoms with van der Waals surface area (Å²) in [6, 6.07) is 16.2. The molecule has 0 fully saturated rings. The van der Waals surface area contributed by atoms with E-state index in [2.05, 4.69) is 50.0 Å². The molecule has 0 saturated heterocycles. The number of nitrogens with zero attached hydrogens (tertiary/aromatic N) is 2. The molecule has 142 valence electrons. The van der Waals surface area contributed by atoms with Crippen molar-refractivity contribution >= 4 is 28.4 Å². The van der Waals surface area contributed by atoms with E-state index in [-0.39, 0.29) is 0 Å². The molecule has 28 heavy (non-hydrogen) atoms. The zero-order valence-corrected chi connectivity index (χ0v) is 16.0. The van der Waals surface area contributed by atoms with Crippen molar-refractivity contribution in [1.82, 2.24) is 15.0 Å². The third kappa shape index (κ3) is 3.91. The number of aromatic nitrogens is 3. The molecule has 0 unspecified atom stereocenters. The van der Waals surface area contributed by atoms with Crippen LogP contribution in [0.3, 0.4) is 0 Å². The topological polar surface area (TPSA) is 74.9 Å². The number of para-hydroxylation sites is 1. The van der Waals surface area contributed by atoms with Crippen LogP contribution in [0.2, 0.25) is 0 Å². The lowest BCUT2D eigenvalue weighted by atomic mass is 10.1. The normalized spacial score (nSPS) is 10.8. The zero-order chi connectivity index (χ0) is 19.3. The molecule has 3 N–H and O–H groups in total. The van der Waals surface area contributed by atoms with Gasteiger partial charge < -0.3 is 20.4 Å². The Kier molecular flexibility index (Phi) is 5.10. The standard InChI is InChI=1S/C22H23N5O/c1-15-7-8-20(28-2)19(13-15)26-21-10-12-24-22(27-21)23-11-9-16-14-25-18-6-4-3-5-17(16)18/h3-8,10,12-14,25H,9,11H2,1-2H3,(H2,23,24,26,27). The number of aromatic amines is 1. The minimum atomic E-state index is 0.594. The number of methoxy groups -OCH3 is 1. The summed E-state index contributed by atoms with van der Waals surface area (Å²) in [5.74, 6) is 2.09. The van der Waals surface area contributed by atoms with Crippen molar-refractivity contribution in [2.24, 2.45) is 0 Å². The van der Waals surface area contributed by atoms with Crippen LogP contribution in [0, 0.1) is 6.92 Å². The first-order valence-electron chi connectivity index (χ1n) is 9.26. The maximum absolute atomic E-state index is 5.42. The van der Waals surface area contributed by atoms with Gasteiger partial charge >= 0.3 is 0 Å². The van der Waals surface area contributed by atoms with Crippen molar-refractivity contribution in [3.8, 4) is 5.75 Å². The Balaban J connectivity index is 1.42. The molecule has 0 spiro atoms. The fraction of sp³-hybridized carbons (Fsp3) is 0.182. The maximum atomic E-state index is 5.42. The highest BCUT2D eigenvalue weighted by Crippen LogP contribution is 2.28. The van der Waals surface area contributed by atoms with E-state index in [0.717, 1.165) is 35.5 Å². The first-order chi connectivity index (χ1) is 13.7. The molecule has 2 heterocycles. The van der Waals surface area contributed by atoms with Gasteiger partial charge in [0.05, 0.1) is 12.8 Å². The van der Waals surface area contributed by atoms with Gasteiger partial charge in [0.2, 0.25) is 5.95 Å². The van der Waals surface area contributed by atoms with Crippen LogP contribution in [0.4, 0.5) is 17.5 Å². The largest absolute Gasteiger partial charge is 0.495 e. The summed E-state index contributed by atoms with van der Waals surface area (Å²) in [5.41, 5.74) is 4.47. The summed E-state index contributed by atoms with van der Waals surface area (Å²) in [7, 11) is 1.66. The molecule has 4 aromatic rings. The van der Waals surface area contributed by atoms with E-state index >= 15 is 0 Å². The van der Waals surface area contributed by atoms with Crippen LogP contribution in [0.1, 0.15) is 11.1 Å². The average Bonchev–Trinajstić information content (AvgIpc) is 3.12. The highest BCUT2D eigenvalue weighted by molar-refractivity contribution is 5.83. The number of H-pyrrole nitrogens is 1. The third-order valence-electron chi connectivity index (χ3n) is 4.63. The molecule has 0 atom stereocenters. The number of aryl methyl sites for hydroxylation is 1. The first kappa shape index (κ1) is 17.9. The summed E-state index contributed by atoms with van der Waals surface area (Å²) < 4.78 is 5.42. The van der Waals surface area contributed by atoms with E-state index in [9.17, 15) is 0 Å². The van der Waals surface area contributed by atoms with E-state index in [1.807, 2.05) is 37.3 Å². The number of benzene rings is 2. The smallest absolute Gasteiger partial charge is 0.224 e. The van der Waals surface area contributed by atoms with E-state index in [1.54, 1.807) is 13.3 Å². The Labute approximate surface area is 164 Å². The molecule has 4 rings (SSSR count). The highest BCUT2D eigenvalue weighted by atomic mass is 16.5. The number of hydrogen-bond acceptors (Lipinski definition) is 5. The fourth-order valence-electron chi connectivity index (χ4n) is 3.22. The van der Waals surface area contributed by atoms with Crippen LogP contribution >= 0.6 is 0 Å². The molecule has 0 saturated carbocycles. The molecule has 2 aromatic carbocycles. The number of rotatable bonds is 7. The lowest BCUT2D eigenvalue weighted by molar-refractivity contribution is 0.416. The Morgan fingerprint density at radius 2 is 2.00 bits per heavy atom. The molecule has 0 amide bonds. The molecule has 0 aliphatic rings. The summed E-state index contributed by atoms with van der Waals surface area (Å²) in [6.45, 7) is 2.79. The van der Waals surface area contributed by atoms with Gasteiger partial charge in [-0.15, -0.1) is 0 Å². The van der Waals surface area contributed by atoms with Crippen LogP contribution in [0.5, 0.6) is 5.75 Å². The molecule has 6 nitrogen and oxygen atoms in total. The summed E-state index contributed by atoms with van der Waals surface area (Å²) in [5, 5.41) is 7.87. The minimum absolute atomic E-state index is 0.594. The van der Waals surface area contributed by atoms with Gasteiger partial charge in [-0.25, -0.2) is 4.98 Å². The number of hydrogen-bond donors (Lipinski definition) is 3. The molecule has 6 heteroatoms. The fourth-order valence-corrected chi connectivity index (χ4v) is 3.22. The van der Waals surface area contributed by atoms with Gasteiger partial charge in [0.25, 0.3) is 0 Å². The van der Waals surface area contributed by atoms with Crippen LogP contribution in [-0.2, 0) is 6.42 Å². The average molecular weight is 373 g/mol. The second kappa shape index (κ2) is 8.00. The zero-order valence-electron chi connectivity index (χ0n) is 16.0. The van der Waals surface area contributed by atoms with Crippen molar-refractivity contribution in [3.05, 3.63) is 72.1 Å². The van der Waals surface area contributed by atoms with Crippen molar-refractivity contribution in [2.75, 3.05) is 24.3 Å². The lowest BCUT2D eigenvalue weighted by Crippen LogP contribution is -2.08. The van der Waals surface area contributed by atoms with Crippen LogP contribution in [0.25, 0.3) is 10.9 Å². The Morgan fingerprint density at radius 1 is 1.11 bits per heavy atom. The van der Waals surface area contributed by atoms with Crippen LogP contribution in [-0.4, -0.2) is 28.6 Å². The molecule has 0 aliphatic heterocycles. The van der Waals surface area contributed by atoms with E-state index in [1.165, 1.54) is 10.9 Å². The van der Waals surface area contributed by atoms with Crippen molar-refractivity contribution in [1.29, 1.82) is 0 Å². The summed E-state index contributed by atoms with van der Waals surface area (Å²) >= 11 is 0. The van der Waals surface area contributed by atoms with Gasteiger partial charge in [-0.2, -0.15) is 4.98 Å². The van der Waals surface area contributed by atoms with E-state index in [0.29, 0.717) is 11.8 Å². The van der Waals surface area contributed by atoms with Gasteiger partial charge in [-0.05, 0) is 48.7 Å². The van der Waals surface area contributed by atoms with Crippen molar-refractivity contribution in [2.45, 2.75) is 13.3 Å². The van der Waals surface area contributed by atoms with Gasteiger partial charge in [0.15, 0.2) is 0 Å². The first-order valence-corrected chi connectivity index (χ1v) is 9.26. The maximum Gasteiger partial charge on any atom is 0.224 e. The highest BCUT2D eigenvalue weighted by Gasteiger charge is 2.06. The number of nitrogens with one attached hydrogen (secondary N) is 3. The van der Waals surface area contributed by atoms with E-state index in [4.69, 9.17) is 4.74 Å². The Hall–Kier alpha value is -3.54. The predicted molar refractivity (Wildman–Crippen MR) is 114 cm³/mol. The molecule has 0 bridgehead atoms. The van der Waals surface area contributed by atoms with Gasteiger partial charge in [0, 0.05) is 29.8 Å². The summed E-state index contributed by atoms with van der Waals surface area (Å²) in [6.07, 6.45) is 4.69. The second-order valence-corrected chi connectivity index (χ2v) is 6.63. The monoisotopic (exact) mass is 373 g/mol. The minimum Gasteiger partial charge on any atom is -0.495 e. The van der Waals surface area contributed by atoms with Gasteiger partial charge in [0.1, 0.15) is 11.6 Å². The quantitative estimate of drug-likeness (QED) is 0.439. The Morgan fingerprint density at radius 3 is 2.89 bits per heavy atom. The number of anilines is 3. The lowest BCUT2D eigenvalue weighted by Gasteiger charge is -2.12. The second-order valence-electron chi connectivity index (χ2n) is 6.63. The molecular formula is C22H23N5O. The summed E-state index contributed by atoms with van der Waals surface area (Å²) in [4.78, 5) is 12.2. The SMILES string of the molecule is COc1ccc(C)cc1Nc1ccnc(NCCc2c[nH]c3ccccc23)n1. The van der Waals surface area contributed by atoms with Crippen LogP contribution < -0.4 is 15.4 Å². The number of fused-ring (bicyclic) bond motifs is 1. The van der Waals surface area contributed by atoms with Crippen molar-refractivity contribution < 1.29 is 4.74 Å². The van der Waals surface area contributed by atoms with E-state index < -0.39 is 0 Å². The molecule has 0 aliphatic carbocycles. The Bertz CT molecular complexity index is 1090. The van der Waals surface area contributed by atoms with Gasteiger partial charge in [-0.1, -0.05) is 24.3 Å². The molecular weight excluding hydrogens is 350 g/mol. The number of ether oxygens (including phenoxy) is 1. The van der Waals surface area contributed by atoms with Crippen molar-refractivity contribution in [3.63, 3.8) is 0 Å². The molecule has 2 aromatic heterocycles. The van der Waals surface area contributed by atoms with Gasteiger partial charge in [-0.3, -0.25) is 0 Å².